The lowest BCUT2D eigenvalue weighted by Gasteiger charge is -2.29. The highest BCUT2D eigenvalue weighted by Gasteiger charge is 2.13. The number of hydrogen-bond acceptors (Lipinski definition) is 4. The van der Waals surface area contributed by atoms with Gasteiger partial charge in [-0.05, 0) is 32.9 Å². The minimum absolute atomic E-state index is 0.509. The number of hydrogen-bond donors (Lipinski definition) is 1. The van der Waals surface area contributed by atoms with Crippen LogP contribution in [0, 0.1) is 0 Å². The quantitative estimate of drug-likeness (QED) is 0.822. The van der Waals surface area contributed by atoms with Crippen LogP contribution >= 0.6 is 0 Å². The van der Waals surface area contributed by atoms with E-state index in [1.807, 2.05) is 13.2 Å². The molecular weight excluding hydrogens is 214 g/mol. The predicted octanol–water partition coefficient (Wildman–Crippen LogP) is 0.779. The van der Waals surface area contributed by atoms with Crippen molar-refractivity contribution >= 4 is 0 Å². The highest BCUT2D eigenvalue weighted by molar-refractivity contribution is 4.91. The highest BCUT2D eigenvalue weighted by Crippen LogP contribution is 2.08. The summed E-state index contributed by atoms with van der Waals surface area (Å²) in [5, 5.41) is 11.5. The topological polar surface area (TPSA) is 46.0 Å². The number of nitrogens with zero attached hydrogens (tertiary/aromatic N) is 4. The number of likely N-dealkylation sites (tertiary alicyclic amines) is 1. The van der Waals surface area contributed by atoms with E-state index < -0.39 is 0 Å². The van der Waals surface area contributed by atoms with E-state index in [1.165, 1.54) is 32.4 Å². The van der Waals surface area contributed by atoms with E-state index in [4.69, 9.17) is 0 Å². The van der Waals surface area contributed by atoms with Gasteiger partial charge in [0.15, 0.2) is 0 Å². The largest absolute Gasteiger partial charge is 0.307 e. The Hall–Kier alpha value is -0.940. The molecule has 0 amide bonds. The minimum atomic E-state index is 0.509. The Balaban J connectivity index is 1.68. The summed E-state index contributed by atoms with van der Waals surface area (Å²) in [5.74, 6) is 0. The van der Waals surface area contributed by atoms with Crippen molar-refractivity contribution in [1.29, 1.82) is 0 Å². The van der Waals surface area contributed by atoms with Gasteiger partial charge in [-0.2, -0.15) is 0 Å². The van der Waals surface area contributed by atoms with Gasteiger partial charge in [-0.15, -0.1) is 5.10 Å². The monoisotopic (exact) mass is 237 g/mol. The average Bonchev–Trinajstić information content (AvgIpc) is 2.74. The van der Waals surface area contributed by atoms with E-state index in [0.717, 1.165) is 18.8 Å². The molecule has 1 aromatic rings. The molecule has 1 aliphatic heterocycles. The molecule has 1 N–H and O–H groups in total. The van der Waals surface area contributed by atoms with Crippen LogP contribution in [0.2, 0.25) is 0 Å². The molecule has 1 saturated heterocycles. The summed E-state index contributed by atoms with van der Waals surface area (Å²) in [6.45, 7) is 6.71. The first-order valence-corrected chi connectivity index (χ1v) is 6.55. The van der Waals surface area contributed by atoms with Crippen molar-refractivity contribution in [3.05, 3.63) is 11.9 Å². The minimum Gasteiger partial charge on any atom is -0.307 e. The molecule has 96 valence electrons. The first-order chi connectivity index (χ1) is 8.24. The molecule has 0 spiro atoms. The first-order valence-electron chi connectivity index (χ1n) is 6.55. The van der Waals surface area contributed by atoms with Crippen molar-refractivity contribution in [1.82, 2.24) is 25.2 Å². The number of piperidine rings is 1. The van der Waals surface area contributed by atoms with Gasteiger partial charge in [0.05, 0.1) is 5.69 Å². The van der Waals surface area contributed by atoms with Crippen molar-refractivity contribution in [2.75, 3.05) is 19.6 Å². The number of aryl methyl sites for hydroxylation is 1. The molecule has 5 heteroatoms. The van der Waals surface area contributed by atoms with E-state index in [0.29, 0.717) is 6.04 Å². The van der Waals surface area contributed by atoms with E-state index in [9.17, 15) is 0 Å². The van der Waals surface area contributed by atoms with Crippen molar-refractivity contribution in [2.45, 2.75) is 38.8 Å². The van der Waals surface area contributed by atoms with Gasteiger partial charge < -0.3 is 10.2 Å². The summed E-state index contributed by atoms with van der Waals surface area (Å²) >= 11 is 0. The molecular formula is C12H23N5. The van der Waals surface area contributed by atoms with Crippen LogP contribution in [-0.4, -0.2) is 45.6 Å². The van der Waals surface area contributed by atoms with Gasteiger partial charge in [-0.1, -0.05) is 11.6 Å². The van der Waals surface area contributed by atoms with Crippen molar-refractivity contribution in [3.8, 4) is 0 Å². The van der Waals surface area contributed by atoms with Crippen molar-refractivity contribution < 1.29 is 0 Å². The molecule has 0 aliphatic carbocycles. The maximum absolute atomic E-state index is 4.07. The van der Waals surface area contributed by atoms with Gasteiger partial charge in [-0.25, -0.2) is 0 Å². The van der Waals surface area contributed by atoms with Crippen molar-refractivity contribution in [3.63, 3.8) is 0 Å². The Bertz CT molecular complexity index is 329. The molecule has 0 bridgehead atoms. The molecule has 5 nitrogen and oxygen atoms in total. The molecule has 1 aliphatic rings. The summed E-state index contributed by atoms with van der Waals surface area (Å²) in [6, 6.07) is 0.509. The van der Waals surface area contributed by atoms with Crippen LogP contribution in [0.5, 0.6) is 0 Å². The third-order valence-electron chi connectivity index (χ3n) is 3.26. The zero-order valence-electron chi connectivity index (χ0n) is 10.9. The molecule has 1 unspecified atom stereocenters. The summed E-state index contributed by atoms with van der Waals surface area (Å²) in [4.78, 5) is 2.55. The first kappa shape index (κ1) is 12.5. The van der Waals surface area contributed by atoms with Crippen LogP contribution in [0.4, 0.5) is 0 Å². The molecule has 1 fully saturated rings. The molecule has 17 heavy (non-hydrogen) atoms. The van der Waals surface area contributed by atoms with Gasteiger partial charge in [-0.3, -0.25) is 4.68 Å². The number of nitrogens with one attached hydrogen (secondary N) is 1. The fourth-order valence-corrected chi connectivity index (χ4v) is 2.35. The lowest BCUT2D eigenvalue weighted by Crippen LogP contribution is -2.41. The van der Waals surface area contributed by atoms with Crippen LogP contribution in [0.25, 0.3) is 0 Å². The summed E-state index contributed by atoms with van der Waals surface area (Å²) in [6.07, 6.45) is 6.08. The van der Waals surface area contributed by atoms with Gasteiger partial charge in [0, 0.05) is 32.4 Å². The average molecular weight is 237 g/mol. The Morgan fingerprint density at radius 1 is 1.35 bits per heavy atom. The van der Waals surface area contributed by atoms with Crippen LogP contribution in [0.3, 0.4) is 0 Å². The highest BCUT2D eigenvalue weighted by atomic mass is 15.4. The second-order valence-corrected chi connectivity index (χ2v) is 5.03. The fraction of sp³-hybridized carbons (Fsp3) is 0.833. The van der Waals surface area contributed by atoms with Gasteiger partial charge in [0.25, 0.3) is 0 Å². The Morgan fingerprint density at radius 2 is 2.12 bits per heavy atom. The van der Waals surface area contributed by atoms with E-state index in [2.05, 4.69) is 27.5 Å². The molecule has 0 saturated carbocycles. The fourth-order valence-electron chi connectivity index (χ4n) is 2.35. The lowest BCUT2D eigenvalue weighted by molar-refractivity contribution is 0.208. The van der Waals surface area contributed by atoms with Crippen LogP contribution in [0.1, 0.15) is 31.9 Å². The normalized spacial score (nSPS) is 19.4. The lowest BCUT2D eigenvalue weighted by atomic mass is 10.1. The van der Waals surface area contributed by atoms with Crippen LogP contribution < -0.4 is 5.32 Å². The zero-order chi connectivity index (χ0) is 12.1. The van der Waals surface area contributed by atoms with Crippen LogP contribution in [-0.2, 0) is 13.6 Å². The second kappa shape index (κ2) is 6.12. The SMILES string of the molecule is CC(CN1CCCCC1)NCc1cn(C)nn1. The molecule has 1 aromatic heterocycles. The molecule has 1 atom stereocenters. The number of aromatic nitrogens is 3. The van der Waals surface area contributed by atoms with E-state index in [-0.39, 0.29) is 0 Å². The Morgan fingerprint density at radius 3 is 2.76 bits per heavy atom. The van der Waals surface area contributed by atoms with Gasteiger partial charge >= 0.3 is 0 Å². The predicted molar refractivity (Wildman–Crippen MR) is 67.6 cm³/mol. The molecule has 0 radical (unpaired) electrons. The van der Waals surface area contributed by atoms with Gasteiger partial charge in [0.2, 0.25) is 0 Å². The second-order valence-electron chi connectivity index (χ2n) is 5.03. The standard InChI is InChI=1S/C12H23N5/c1-11(9-17-6-4-3-5-7-17)13-8-12-10-16(2)15-14-12/h10-11,13H,3-9H2,1-2H3. The summed E-state index contributed by atoms with van der Waals surface area (Å²) in [5.41, 5.74) is 1.01. The summed E-state index contributed by atoms with van der Waals surface area (Å²) < 4.78 is 1.74. The maximum atomic E-state index is 4.07. The Labute approximate surface area is 103 Å². The van der Waals surface area contributed by atoms with E-state index in [1.54, 1.807) is 4.68 Å². The smallest absolute Gasteiger partial charge is 0.0964 e. The Kier molecular flexibility index (Phi) is 4.50. The number of rotatable bonds is 5. The van der Waals surface area contributed by atoms with E-state index >= 15 is 0 Å². The molecule has 2 rings (SSSR count). The molecule has 2 heterocycles. The summed E-state index contributed by atoms with van der Waals surface area (Å²) in [7, 11) is 1.90. The molecule has 0 aromatic carbocycles. The third-order valence-corrected chi connectivity index (χ3v) is 3.26. The van der Waals surface area contributed by atoms with Gasteiger partial charge in [0.1, 0.15) is 0 Å². The van der Waals surface area contributed by atoms with Crippen LogP contribution in [0.15, 0.2) is 6.20 Å². The third kappa shape index (κ3) is 4.09. The van der Waals surface area contributed by atoms with Crippen molar-refractivity contribution in [2.24, 2.45) is 7.05 Å². The zero-order valence-corrected chi connectivity index (χ0v) is 10.9. The maximum Gasteiger partial charge on any atom is 0.0964 e.